The van der Waals surface area contributed by atoms with Crippen LogP contribution in [0.4, 0.5) is 5.69 Å². The fraction of sp³-hybridized carbons (Fsp3) is 0.300. The minimum absolute atomic E-state index is 0.143. The van der Waals surface area contributed by atoms with E-state index in [1.54, 1.807) is 7.05 Å². The molecule has 0 radical (unpaired) electrons. The van der Waals surface area contributed by atoms with Crippen molar-refractivity contribution in [3.8, 4) is 22.5 Å². The smallest absolute Gasteiger partial charge is 0.255 e. The standard InChI is InChI=1S/C30H33N2O2P/c1-31-30(33)28-25-17-24(21-11-7-4-8-12-21)26(32(2)19-20-9-5-3-6-10-20)18-27(25)34-29(28)22-13-15-23(35)16-14-22/h4,7-8,11-18,20H,3,5-6,9-10,19,35H2,1-2H3,(H,31,33). The van der Waals surface area contributed by atoms with Crippen molar-refractivity contribution in [2.24, 2.45) is 5.92 Å². The maximum absolute atomic E-state index is 13.1. The molecule has 35 heavy (non-hydrogen) atoms. The van der Waals surface area contributed by atoms with Gasteiger partial charge in [-0.1, -0.05) is 73.9 Å². The van der Waals surface area contributed by atoms with Gasteiger partial charge in [0.25, 0.3) is 5.91 Å². The van der Waals surface area contributed by atoms with Crippen LogP contribution in [0, 0.1) is 5.92 Å². The lowest BCUT2D eigenvalue weighted by molar-refractivity contribution is 0.0964. The molecule has 5 heteroatoms. The van der Waals surface area contributed by atoms with Gasteiger partial charge in [-0.15, -0.1) is 9.24 Å². The highest BCUT2D eigenvalue weighted by Crippen LogP contribution is 2.41. The van der Waals surface area contributed by atoms with Gasteiger partial charge < -0.3 is 14.6 Å². The Balaban J connectivity index is 1.68. The molecule has 3 aromatic carbocycles. The lowest BCUT2D eigenvalue weighted by atomic mass is 9.88. The molecule has 1 saturated carbocycles. The topological polar surface area (TPSA) is 45.5 Å². The van der Waals surface area contributed by atoms with Gasteiger partial charge in [0, 0.05) is 48.9 Å². The van der Waals surface area contributed by atoms with E-state index in [1.165, 1.54) is 32.1 Å². The summed E-state index contributed by atoms with van der Waals surface area (Å²) in [5.41, 5.74) is 5.60. The lowest BCUT2D eigenvalue weighted by Crippen LogP contribution is -2.27. The van der Waals surface area contributed by atoms with Crippen LogP contribution in [0.5, 0.6) is 0 Å². The Morgan fingerprint density at radius 1 is 1.00 bits per heavy atom. The lowest BCUT2D eigenvalue weighted by Gasteiger charge is -2.30. The van der Waals surface area contributed by atoms with E-state index in [9.17, 15) is 4.79 Å². The first-order valence-electron chi connectivity index (χ1n) is 12.5. The van der Waals surface area contributed by atoms with Crippen molar-refractivity contribution >= 4 is 37.1 Å². The summed E-state index contributed by atoms with van der Waals surface area (Å²) in [5, 5.41) is 4.74. The number of hydrogen-bond acceptors (Lipinski definition) is 3. The van der Waals surface area contributed by atoms with Crippen LogP contribution in [0.2, 0.25) is 0 Å². The number of rotatable bonds is 6. The summed E-state index contributed by atoms with van der Waals surface area (Å²) in [7, 11) is 6.55. The quantitative estimate of drug-likeness (QED) is 0.312. The summed E-state index contributed by atoms with van der Waals surface area (Å²) in [6.07, 6.45) is 6.61. The van der Waals surface area contributed by atoms with Gasteiger partial charge in [0.2, 0.25) is 0 Å². The molecule has 1 aromatic heterocycles. The van der Waals surface area contributed by atoms with E-state index in [0.29, 0.717) is 17.2 Å². The van der Waals surface area contributed by atoms with E-state index >= 15 is 0 Å². The van der Waals surface area contributed by atoms with Gasteiger partial charge in [-0.25, -0.2) is 0 Å². The summed E-state index contributed by atoms with van der Waals surface area (Å²) in [5.74, 6) is 1.18. The third kappa shape index (κ3) is 4.86. The maximum atomic E-state index is 13.1. The van der Waals surface area contributed by atoms with E-state index < -0.39 is 0 Å². The Bertz CT molecular complexity index is 1320. The first kappa shape index (κ1) is 23.6. The van der Waals surface area contributed by atoms with Gasteiger partial charge >= 0.3 is 0 Å². The monoisotopic (exact) mass is 484 g/mol. The summed E-state index contributed by atoms with van der Waals surface area (Å²) in [6.45, 7) is 1.02. The number of amides is 1. The number of hydrogen-bond donors (Lipinski definition) is 1. The van der Waals surface area contributed by atoms with E-state index in [4.69, 9.17) is 4.42 Å². The molecule has 1 heterocycles. The van der Waals surface area contributed by atoms with Gasteiger partial charge in [-0.3, -0.25) is 4.79 Å². The number of carbonyl (C=O) groups is 1. The fourth-order valence-corrected chi connectivity index (χ4v) is 5.53. The van der Waals surface area contributed by atoms with Gasteiger partial charge in [-0.05, 0) is 35.7 Å². The molecule has 0 saturated heterocycles. The summed E-state index contributed by atoms with van der Waals surface area (Å²) >= 11 is 0. The van der Waals surface area contributed by atoms with Crippen molar-refractivity contribution in [2.45, 2.75) is 32.1 Å². The highest BCUT2D eigenvalue weighted by molar-refractivity contribution is 7.27. The van der Waals surface area contributed by atoms with Crippen LogP contribution in [0.1, 0.15) is 42.5 Å². The molecule has 5 rings (SSSR count). The van der Waals surface area contributed by atoms with Crippen molar-refractivity contribution < 1.29 is 9.21 Å². The SMILES string of the molecule is CNC(=O)c1c(-c2ccc(P)cc2)oc2cc(N(C)CC3CCCCC3)c(-c3ccccc3)cc12. The molecule has 0 aliphatic heterocycles. The molecule has 0 spiro atoms. The third-order valence-corrected chi connectivity index (χ3v) is 7.57. The third-order valence-electron chi connectivity index (χ3n) is 7.19. The predicted octanol–water partition coefficient (Wildman–Crippen LogP) is 6.64. The number of anilines is 1. The molecule has 180 valence electrons. The van der Waals surface area contributed by atoms with Crippen molar-refractivity contribution in [2.75, 3.05) is 25.5 Å². The van der Waals surface area contributed by atoms with Gasteiger partial charge in [0.05, 0.1) is 5.56 Å². The zero-order chi connectivity index (χ0) is 24.4. The summed E-state index contributed by atoms with van der Waals surface area (Å²) in [4.78, 5) is 15.5. The molecule has 1 atom stereocenters. The van der Waals surface area contributed by atoms with E-state index in [1.807, 2.05) is 30.3 Å². The summed E-state index contributed by atoms with van der Waals surface area (Å²) in [6, 6.07) is 22.7. The molecule has 0 bridgehead atoms. The Morgan fingerprint density at radius 2 is 1.71 bits per heavy atom. The predicted molar refractivity (Wildman–Crippen MR) is 150 cm³/mol. The van der Waals surface area contributed by atoms with Crippen LogP contribution in [0.25, 0.3) is 33.4 Å². The highest BCUT2D eigenvalue weighted by atomic mass is 31.0. The second kappa shape index (κ2) is 10.3. The number of fused-ring (bicyclic) bond motifs is 1. The first-order chi connectivity index (χ1) is 17.0. The Hall–Kier alpha value is -3.10. The molecular formula is C30H33N2O2P. The van der Waals surface area contributed by atoms with Crippen LogP contribution < -0.4 is 15.5 Å². The van der Waals surface area contributed by atoms with Crippen LogP contribution in [0.15, 0.2) is 71.1 Å². The van der Waals surface area contributed by atoms with Crippen molar-refractivity contribution in [1.82, 2.24) is 5.32 Å². The molecule has 1 unspecified atom stereocenters. The molecule has 1 amide bonds. The number of carbonyl (C=O) groups excluding carboxylic acids is 1. The number of benzene rings is 3. The molecule has 1 N–H and O–H groups in total. The Morgan fingerprint density at radius 3 is 2.40 bits per heavy atom. The van der Waals surface area contributed by atoms with Crippen molar-refractivity contribution in [1.29, 1.82) is 0 Å². The minimum atomic E-state index is -0.143. The molecule has 4 nitrogen and oxygen atoms in total. The highest BCUT2D eigenvalue weighted by Gasteiger charge is 2.25. The molecular weight excluding hydrogens is 451 g/mol. The second-order valence-corrected chi connectivity index (χ2v) is 10.3. The van der Waals surface area contributed by atoms with Crippen molar-refractivity contribution in [3.63, 3.8) is 0 Å². The van der Waals surface area contributed by atoms with Gasteiger partial charge in [0.15, 0.2) is 0 Å². The van der Waals surface area contributed by atoms with Gasteiger partial charge in [-0.2, -0.15) is 0 Å². The van der Waals surface area contributed by atoms with Crippen LogP contribution in [0.3, 0.4) is 0 Å². The van der Waals surface area contributed by atoms with Crippen LogP contribution in [-0.4, -0.2) is 26.5 Å². The molecule has 1 fully saturated rings. The zero-order valence-electron chi connectivity index (χ0n) is 20.5. The fourth-order valence-electron chi connectivity index (χ4n) is 5.34. The molecule has 1 aliphatic rings. The van der Waals surface area contributed by atoms with E-state index in [-0.39, 0.29) is 5.91 Å². The van der Waals surface area contributed by atoms with E-state index in [2.05, 4.69) is 62.9 Å². The Kier molecular flexibility index (Phi) is 6.92. The minimum Gasteiger partial charge on any atom is -0.455 e. The largest absolute Gasteiger partial charge is 0.455 e. The molecule has 1 aliphatic carbocycles. The average molecular weight is 485 g/mol. The van der Waals surface area contributed by atoms with Gasteiger partial charge in [0.1, 0.15) is 11.3 Å². The number of nitrogens with one attached hydrogen (secondary N) is 1. The maximum Gasteiger partial charge on any atom is 0.255 e. The van der Waals surface area contributed by atoms with Crippen LogP contribution >= 0.6 is 9.24 Å². The number of furan rings is 1. The molecule has 4 aromatic rings. The summed E-state index contributed by atoms with van der Waals surface area (Å²) < 4.78 is 6.43. The van der Waals surface area contributed by atoms with Crippen molar-refractivity contribution in [3.05, 3.63) is 72.3 Å². The Labute approximate surface area is 209 Å². The van der Waals surface area contributed by atoms with E-state index in [0.717, 1.165) is 45.2 Å². The second-order valence-electron chi connectivity index (χ2n) is 9.62. The first-order valence-corrected chi connectivity index (χ1v) is 13.1. The normalized spacial score (nSPS) is 14.3. The average Bonchev–Trinajstić information content (AvgIpc) is 3.27. The zero-order valence-corrected chi connectivity index (χ0v) is 21.7. The van der Waals surface area contributed by atoms with Crippen LogP contribution in [-0.2, 0) is 0 Å². The number of nitrogens with zero attached hydrogens (tertiary/aromatic N) is 1.